The lowest BCUT2D eigenvalue weighted by Crippen LogP contribution is -2.51. The number of amides is 2. The van der Waals surface area contributed by atoms with Crippen molar-refractivity contribution in [1.29, 1.82) is 0 Å². The van der Waals surface area contributed by atoms with Gasteiger partial charge in [0.15, 0.2) is 0 Å². The average Bonchev–Trinajstić information content (AvgIpc) is 3.18. The number of benzene rings is 1. The zero-order valence-corrected chi connectivity index (χ0v) is 17.9. The van der Waals surface area contributed by atoms with Gasteiger partial charge in [0.2, 0.25) is 11.8 Å². The Kier molecular flexibility index (Phi) is 5.80. The van der Waals surface area contributed by atoms with Gasteiger partial charge in [-0.05, 0) is 56.5 Å². The fraction of sp³-hybridized carbons (Fsp3) is 0.478. The molecular weight excluding hydrogens is 396 g/mol. The van der Waals surface area contributed by atoms with E-state index in [1.165, 1.54) is 12.1 Å². The standard InChI is InChI=1S/C23H28N4O4/c1-16(2)26(23(29)18-5-3-6-18)15-21(28)25-14-13-24-12-4-7-20(24)22(25)17-8-10-19(11-9-17)27(30)31/h4,7-12,16,18,22H,3,5-6,13-15H2,1-2H3/t22-/m1/s1. The predicted octanol–water partition coefficient (Wildman–Crippen LogP) is 3.37. The van der Waals surface area contributed by atoms with E-state index in [9.17, 15) is 19.7 Å². The van der Waals surface area contributed by atoms with Gasteiger partial charge in [-0.1, -0.05) is 6.42 Å². The van der Waals surface area contributed by atoms with Crippen LogP contribution in [0.4, 0.5) is 5.69 Å². The van der Waals surface area contributed by atoms with E-state index >= 15 is 0 Å². The van der Waals surface area contributed by atoms with E-state index in [0.717, 1.165) is 30.5 Å². The van der Waals surface area contributed by atoms with Gasteiger partial charge in [-0.3, -0.25) is 19.7 Å². The van der Waals surface area contributed by atoms with Gasteiger partial charge in [-0.25, -0.2) is 0 Å². The van der Waals surface area contributed by atoms with Crippen molar-refractivity contribution in [2.75, 3.05) is 13.1 Å². The molecule has 4 rings (SSSR count). The molecule has 1 atom stereocenters. The summed E-state index contributed by atoms with van der Waals surface area (Å²) in [6.45, 7) is 5.14. The second-order valence-corrected chi connectivity index (χ2v) is 8.65. The minimum atomic E-state index is -0.428. The van der Waals surface area contributed by atoms with Crippen molar-refractivity contribution in [2.24, 2.45) is 5.92 Å². The molecule has 1 aliphatic heterocycles. The lowest BCUT2D eigenvalue weighted by Gasteiger charge is -2.40. The fourth-order valence-corrected chi connectivity index (χ4v) is 4.42. The van der Waals surface area contributed by atoms with Crippen molar-refractivity contribution in [2.45, 2.75) is 51.7 Å². The summed E-state index contributed by atoms with van der Waals surface area (Å²) >= 11 is 0. The van der Waals surface area contributed by atoms with Crippen molar-refractivity contribution in [1.82, 2.24) is 14.4 Å². The first-order valence-electron chi connectivity index (χ1n) is 10.9. The molecule has 2 amide bonds. The van der Waals surface area contributed by atoms with Crippen LogP contribution in [-0.4, -0.2) is 50.2 Å². The predicted molar refractivity (Wildman–Crippen MR) is 115 cm³/mol. The number of hydrogen-bond acceptors (Lipinski definition) is 4. The molecule has 8 nitrogen and oxygen atoms in total. The average molecular weight is 425 g/mol. The van der Waals surface area contributed by atoms with Gasteiger partial charge < -0.3 is 14.4 Å². The molecule has 31 heavy (non-hydrogen) atoms. The number of nitro groups is 1. The van der Waals surface area contributed by atoms with Crippen LogP contribution in [0.3, 0.4) is 0 Å². The van der Waals surface area contributed by atoms with E-state index in [1.54, 1.807) is 21.9 Å². The maximum absolute atomic E-state index is 13.5. The summed E-state index contributed by atoms with van der Waals surface area (Å²) < 4.78 is 2.11. The molecule has 2 aliphatic rings. The first-order valence-corrected chi connectivity index (χ1v) is 10.9. The lowest BCUT2D eigenvalue weighted by molar-refractivity contribution is -0.384. The molecule has 164 valence electrons. The van der Waals surface area contributed by atoms with Gasteiger partial charge in [0, 0.05) is 49.1 Å². The molecule has 2 heterocycles. The highest BCUT2D eigenvalue weighted by Gasteiger charge is 2.36. The summed E-state index contributed by atoms with van der Waals surface area (Å²) in [5.74, 6) is 0.0123. The van der Waals surface area contributed by atoms with Crippen LogP contribution in [0.1, 0.15) is 50.4 Å². The Bertz CT molecular complexity index is 978. The number of nitro benzene ring substituents is 1. The number of carbonyl (C=O) groups is 2. The first kappa shape index (κ1) is 21.1. The molecule has 1 aromatic carbocycles. The number of fused-ring (bicyclic) bond motifs is 1. The number of nitrogens with zero attached hydrogens (tertiary/aromatic N) is 4. The monoisotopic (exact) mass is 424 g/mol. The Morgan fingerprint density at radius 3 is 2.45 bits per heavy atom. The summed E-state index contributed by atoms with van der Waals surface area (Å²) in [5, 5.41) is 11.1. The van der Waals surface area contributed by atoms with E-state index in [-0.39, 0.29) is 42.0 Å². The number of carbonyl (C=O) groups excluding carboxylic acids is 2. The summed E-state index contributed by atoms with van der Waals surface area (Å²) in [7, 11) is 0. The Morgan fingerprint density at radius 1 is 1.16 bits per heavy atom. The van der Waals surface area contributed by atoms with Crippen molar-refractivity contribution >= 4 is 17.5 Å². The summed E-state index contributed by atoms with van der Waals surface area (Å²) in [4.78, 5) is 40.5. The molecule has 0 bridgehead atoms. The van der Waals surface area contributed by atoms with Gasteiger partial charge in [0.25, 0.3) is 5.69 Å². The van der Waals surface area contributed by atoms with Gasteiger partial charge >= 0.3 is 0 Å². The second kappa shape index (κ2) is 8.53. The van der Waals surface area contributed by atoms with Crippen LogP contribution in [0.5, 0.6) is 0 Å². The Morgan fingerprint density at radius 2 is 1.87 bits per heavy atom. The molecule has 1 aliphatic carbocycles. The summed E-state index contributed by atoms with van der Waals surface area (Å²) in [6.07, 6.45) is 4.86. The highest BCUT2D eigenvalue weighted by atomic mass is 16.6. The van der Waals surface area contributed by atoms with E-state index in [0.29, 0.717) is 13.1 Å². The zero-order valence-electron chi connectivity index (χ0n) is 17.9. The largest absolute Gasteiger partial charge is 0.348 e. The van der Waals surface area contributed by atoms with E-state index in [2.05, 4.69) is 4.57 Å². The lowest BCUT2D eigenvalue weighted by atomic mass is 9.84. The maximum Gasteiger partial charge on any atom is 0.269 e. The van der Waals surface area contributed by atoms with Crippen molar-refractivity contribution < 1.29 is 14.5 Å². The van der Waals surface area contributed by atoms with Crippen molar-refractivity contribution in [3.05, 3.63) is 64.0 Å². The minimum absolute atomic E-state index is 0.0184. The molecule has 0 unspecified atom stereocenters. The topological polar surface area (TPSA) is 88.7 Å². The molecule has 0 N–H and O–H groups in total. The summed E-state index contributed by atoms with van der Waals surface area (Å²) in [5.41, 5.74) is 1.81. The summed E-state index contributed by atoms with van der Waals surface area (Å²) in [6, 6.07) is 9.90. The quantitative estimate of drug-likeness (QED) is 0.525. The molecule has 1 fully saturated rings. The smallest absolute Gasteiger partial charge is 0.269 e. The number of aromatic nitrogens is 1. The second-order valence-electron chi connectivity index (χ2n) is 8.65. The Hall–Kier alpha value is -3.16. The molecule has 2 aromatic rings. The van der Waals surface area contributed by atoms with Crippen LogP contribution in [0.25, 0.3) is 0 Å². The third-order valence-electron chi connectivity index (χ3n) is 6.44. The number of non-ortho nitro benzene ring substituents is 1. The maximum atomic E-state index is 13.5. The third kappa shape index (κ3) is 4.06. The molecule has 1 aromatic heterocycles. The van der Waals surface area contributed by atoms with Crippen LogP contribution in [0.15, 0.2) is 42.6 Å². The molecule has 8 heteroatoms. The van der Waals surface area contributed by atoms with Crippen molar-refractivity contribution in [3.8, 4) is 0 Å². The van der Waals surface area contributed by atoms with Gasteiger partial charge in [-0.15, -0.1) is 0 Å². The molecule has 1 saturated carbocycles. The highest BCUT2D eigenvalue weighted by Crippen LogP contribution is 2.34. The van der Waals surface area contributed by atoms with E-state index < -0.39 is 4.92 Å². The van der Waals surface area contributed by atoms with Crippen molar-refractivity contribution in [3.63, 3.8) is 0 Å². The highest BCUT2D eigenvalue weighted by molar-refractivity contribution is 5.87. The van der Waals surface area contributed by atoms with Crippen LogP contribution in [0, 0.1) is 16.0 Å². The normalized spacial score (nSPS) is 18.4. The Labute approximate surface area is 181 Å². The number of hydrogen-bond donors (Lipinski definition) is 0. The van der Waals surface area contributed by atoms with Crippen LogP contribution in [-0.2, 0) is 16.1 Å². The molecule has 0 spiro atoms. The molecule has 0 radical (unpaired) electrons. The van der Waals surface area contributed by atoms with Gasteiger partial charge in [-0.2, -0.15) is 0 Å². The Balaban J connectivity index is 1.61. The molecule has 0 saturated heterocycles. The van der Waals surface area contributed by atoms with Crippen LogP contribution >= 0.6 is 0 Å². The van der Waals surface area contributed by atoms with Gasteiger partial charge in [0.05, 0.1) is 11.0 Å². The number of rotatable bonds is 6. The van der Waals surface area contributed by atoms with Gasteiger partial charge in [0.1, 0.15) is 6.54 Å². The van der Waals surface area contributed by atoms with Crippen LogP contribution < -0.4 is 0 Å². The SMILES string of the molecule is CC(C)N(CC(=O)N1CCn2cccc2[C@H]1c1ccc([N+](=O)[O-])cc1)C(=O)C1CCC1. The zero-order chi connectivity index (χ0) is 22.1. The first-order chi connectivity index (χ1) is 14.9. The van der Waals surface area contributed by atoms with Crippen LogP contribution in [0.2, 0.25) is 0 Å². The van der Waals surface area contributed by atoms with E-state index in [4.69, 9.17) is 0 Å². The third-order valence-corrected chi connectivity index (χ3v) is 6.44. The minimum Gasteiger partial charge on any atom is -0.348 e. The van der Waals surface area contributed by atoms with E-state index in [1.807, 2.05) is 32.2 Å². The fourth-order valence-electron chi connectivity index (χ4n) is 4.42. The molecular formula is C23H28N4O4.